The molecule has 5 nitrogen and oxygen atoms in total. The van der Waals surface area contributed by atoms with E-state index in [0.717, 1.165) is 42.2 Å². The predicted molar refractivity (Wildman–Crippen MR) is 90.3 cm³/mol. The summed E-state index contributed by atoms with van der Waals surface area (Å²) in [4.78, 5) is 12.5. The Kier molecular flexibility index (Phi) is 5.15. The summed E-state index contributed by atoms with van der Waals surface area (Å²) >= 11 is 1.43. The van der Waals surface area contributed by atoms with Gasteiger partial charge in [0, 0.05) is 24.1 Å². The maximum atomic E-state index is 11.5. The Morgan fingerprint density at radius 2 is 2.00 bits per heavy atom. The molecule has 0 aliphatic carbocycles. The van der Waals surface area contributed by atoms with Gasteiger partial charge in [0.25, 0.3) is 0 Å². The van der Waals surface area contributed by atoms with Crippen LogP contribution in [0, 0.1) is 0 Å². The van der Waals surface area contributed by atoms with Crippen LogP contribution in [0.15, 0.2) is 36.4 Å². The van der Waals surface area contributed by atoms with E-state index in [9.17, 15) is 4.79 Å². The van der Waals surface area contributed by atoms with Gasteiger partial charge >= 0.3 is 6.16 Å². The third-order valence-electron chi connectivity index (χ3n) is 3.68. The Labute approximate surface area is 139 Å². The van der Waals surface area contributed by atoms with Crippen LogP contribution in [-0.4, -0.2) is 32.5 Å². The van der Waals surface area contributed by atoms with Crippen molar-refractivity contribution in [1.82, 2.24) is 0 Å². The molecule has 1 saturated heterocycles. The first-order valence-corrected chi connectivity index (χ1v) is 8.37. The molecule has 3 rings (SSSR count). The number of carbonyl (C=O) groups is 1. The van der Waals surface area contributed by atoms with Gasteiger partial charge in [0.05, 0.1) is 12.8 Å². The third kappa shape index (κ3) is 4.03. The second kappa shape index (κ2) is 7.48. The molecule has 1 fully saturated rings. The number of carbonyl (C=O) groups excluding carboxylic acids is 1. The largest absolute Gasteiger partial charge is 0.514 e. The number of ether oxygens (including phenoxy) is 3. The van der Waals surface area contributed by atoms with Gasteiger partial charge in [-0.3, -0.25) is 0 Å². The number of thiophene rings is 1. The van der Waals surface area contributed by atoms with Crippen molar-refractivity contribution in [3.05, 3.63) is 36.4 Å². The summed E-state index contributed by atoms with van der Waals surface area (Å²) in [5.41, 5.74) is 1.92. The van der Waals surface area contributed by atoms with Crippen molar-refractivity contribution in [2.75, 3.05) is 25.6 Å². The number of anilines is 1. The van der Waals surface area contributed by atoms with E-state index >= 15 is 0 Å². The van der Waals surface area contributed by atoms with Gasteiger partial charge in [-0.15, -0.1) is 0 Å². The summed E-state index contributed by atoms with van der Waals surface area (Å²) in [6, 6.07) is 12.4. The highest BCUT2D eigenvalue weighted by molar-refractivity contribution is 7.18. The van der Waals surface area contributed by atoms with E-state index in [1.807, 2.05) is 36.4 Å². The molecule has 2 aromatic rings. The van der Waals surface area contributed by atoms with Crippen LogP contribution in [0.25, 0.3) is 10.4 Å². The molecule has 2 heterocycles. The predicted octanol–water partition coefficient (Wildman–Crippen LogP) is 4.15. The molecule has 0 atom stereocenters. The second-order valence-electron chi connectivity index (χ2n) is 5.26. The van der Waals surface area contributed by atoms with Gasteiger partial charge in [-0.1, -0.05) is 41.7 Å². The van der Waals surface area contributed by atoms with Crippen molar-refractivity contribution >= 4 is 23.2 Å². The van der Waals surface area contributed by atoms with Gasteiger partial charge in [-0.25, -0.2) is 4.79 Å². The molecular weight excluding hydrogens is 314 g/mol. The highest BCUT2D eigenvalue weighted by Gasteiger charge is 2.20. The summed E-state index contributed by atoms with van der Waals surface area (Å²) in [5.74, 6) is 0. The molecule has 1 aliphatic rings. The maximum Gasteiger partial charge on any atom is 0.514 e. The highest BCUT2D eigenvalue weighted by atomic mass is 32.1. The van der Waals surface area contributed by atoms with Gasteiger partial charge in [0.1, 0.15) is 0 Å². The monoisotopic (exact) mass is 333 g/mol. The smallest absolute Gasteiger partial charge is 0.437 e. The lowest BCUT2D eigenvalue weighted by Gasteiger charge is -2.23. The standard InChI is InChI=1S/C17H19NO4S/c1-20-17(19)22-16-14(18-13-7-9-21-10-8-13)11-15(23-16)12-5-3-2-4-6-12/h2-6,11,13,18H,7-10H2,1H3. The van der Waals surface area contributed by atoms with Crippen molar-refractivity contribution in [3.63, 3.8) is 0 Å². The van der Waals surface area contributed by atoms with Crippen LogP contribution in [0.2, 0.25) is 0 Å². The Bertz CT molecular complexity index is 650. The number of hydrogen-bond acceptors (Lipinski definition) is 6. The first-order chi connectivity index (χ1) is 11.3. The zero-order valence-corrected chi connectivity index (χ0v) is 13.7. The fourth-order valence-corrected chi connectivity index (χ4v) is 3.44. The number of hydrogen-bond donors (Lipinski definition) is 1. The number of nitrogens with one attached hydrogen (secondary N) is 1. The average Bonchev–Trinajstić information content (AvgIpc) is 2.99. The molecule has 1 N–H and O–H groups in total. The van der Waals surface area contributed by atoms with E-state index in [4.69, 9.17) is 9.47 Å². The topological polar surface area (TPSA) is 56.8 Å². The van der Waals surface area contributed by atoms with Crippen LogP contribution >= 0.6 is 11.3 Å². The molecule has 0 bridgehead atoms. The normalized spacial score (nSPS) is 15.2. The van der Waals surface area contributed by atoms with Crippen LogP contribution in [-0.2, 0) is 9.47 Å². The molecule has 1 aromatic heterocycles. The highest BCUT2D eigenvalue weighted by Crippen LogP contribution is 2.41. The molecule has 0 radical (unpaired) electrons. The quantitative estimate of drug-likeness (QED) is 0.852. The number of benzene rings is 1. The molecule has 0 unspecified atom stereocenters. The second-order valence-corrected chi connectivity index (χ2v) is 6.28. The van der Waals surface area contributed by atoms with E-state index in [0.29, 0.717) is 11.1 Å². The zero-order chi connectivity index (χ0) is 16.1. The van der Waals surface area contributed by atoms with Crippen molar-refractivity contribution in [3.8, 4) is 15.5 Å². The van der Waals surface area contributed by atoms with Crippen molar-refractivity contribution < 1.29 is 19.0 Å². The minimum atomic E-state index is -0.707. The van der Waals surface area contributed by atoms with Gasteiger partial charge < -0.3 is 19.5 Å². The van der Waals surface area contributed by atoms with E-state index in [1.165, 1.54) is 18.4 Å². The van der Waals surface area contributed by atoms with Crippen LogP contribution in [0.1, 0.15) is 12.8 Å². The molecule has 122 valence electrons. The van der Waals surface area contributed by atoms with E-state index in [2.05, 4.69) is 10.1 Å². The summed E-state index contributed by atoms with van der Waals surface area (Å²) in [7, 11) is 1.31. The lowest BCUT2D eigenvalue weighted by molar-refractivity contribution is 0.0903. The van der Waals surface area contributed by atoms with Crippen LogP contribution in [0.3, 0.4) is 0 Å². The zero-order valence-electron chi connectivity index (χ0n) is 12.9. The first kappa shape index (κ1) is 15.8. The van der Waals surface area contributed by atoms with E-state index in [-0.39, 0.29) is 0 Å². The van der Waals surface area contributed by atoms with Crippen LogP contribution < -0.4 is 10.1 Å². The summed E-state index contributed by atoms with van der Waals surface area (Å²) in [6.45, 7) is 1.50. The Morgan fingerprint density at radius 1 is 1.26 bits per heavy atom. The summed E-state index contributed by atoms with van der Waals surface area (Å²) < 4.78 is 15.3. The molecule has 6 heteroatoms. The average molecular weight is 333 g/mol. The lowest BCUT2D eigenvalue weighted by atomic mass is 10.1. The fraction of sp³-hybridized carbons (Fsp3) is 0.353. The van der Waals surface area contributed by atoms with Gasteiger partial charge in [0.15, 0.2) is 0 Å². The van der Waals surface area contributed by atoms with Crippen LogP contribution in [0.4, 0.5) is 10.5 Å². The minimum Gasteiger partial charge on any atom is -0.437 e. The number of methoxy groups -OCH3 is 1. The minimum absolute atomic E-state index is 0.321. The maximum absolute atomic E-state index is 11.5. The van der Waals surface area contributed by atoms with Crippen molar-refractivity contribution in [1.29, 1.82) is 0 Å². The van der Waals surface area contributed by atoms with E-state index in [1.54, 1.807) is 0 Å². The molecule has 0 saturated carbocycles. The Balaban J connectivity index is 1.85. The SMILES string of the molecule is COC(=O)Oc1sc(-c2ccccc2)cc1NC1CCOCC1. The summed E-state index contributed by atoms with van der Waals surface area (Å²) in [5, 5.41) is 4.00. The molecule has 1 aromatic carbocycles. The van der Waals surface area contributed by atoms with Crippen LogP contribution in [0.5, 0.6) is 5.06 Å². The van der Waals surface area contributed by atoms with Crippen molar-refractivity contribution in [2.45, 2.75) is 18.9 Å². The molecule has 1 aliphatic heterocycles. The fourth-order valence-electron chi connectivity index (χ4n) is 2.47. The van der Waals surface area contributed by atoms with Gasteiger partial charge in [-0.2, -0.15) is 0 Å². The Hall–Kier alpha value is -2.05. The molecule has 23 heavy (non-hydrogen) atoms. The van der Waals surface area contributed by atoms with Gasteiger partial charge in [-0.05, 0) is 24.5 Å². The third-order valence-corrected chi connectivity index (χ3v) is 4.74. The first-order valence-electron chi connectivity index (χ1n) is 7.55. The van der Waals surface area contributed by atoms with Crippen molar-refractivity contribution in [2.24, 2.45) is 0 Å². The number of rotatable bonds is 4. The summed E-state index contributed by atoms with van der Waals surface area (Å²) in [6.07, 6.45) is 1.17. The lowest BCUT2D eigenvalue weighted by Crippen LogP contribution is -2.27. The molecule has 0 spiro atoms. The Morgan fingerprint density at radius 3 is 2.70 bits per heavy atom. The molecular formula is C17H19NO4S. The molecule has 0 amide bonds. The van der Waals surface area contributed by atoms with Gasteiger partial charge in [0.2, 0.25) is 5.06 Å². The van der Waals surface area contributed by atoms with E-state index < -0.39 is 6.16 Å².